The second-order valence-electron chi connectivity index (χ2n) is 7.36. The van der Waals surface area contributed by atoms with Crippen LogP contribution in [0.3, 0.4) is 0 Å². The highest BCUT2D eigenvalue weighted by atomic mass is 16.5. The Labute approximate surface area is 164 Å². The van der Waals surface area contributed by atoms with Crippen molar-refractivity contribution < 1.29 is 9.47 Å². The van der Waals surface area contributed by atoms with Gasteiger partial charge in [0.15, 0.2) is 0 Å². The molecule has 3 N–H and O–H groups in total. The second-order valence-corrected chi connectivity index (χ2v) is 7.36. The molecule has 1 fully saturated rings. The predicted molar refractivity (Wildman–Crippen MR) is 109 cm³/mol. The molecule has 0 unspecified atom stereocenters. The van der Waals surface area contributed by atoms with Gasteiger partial charge in [-0.3, -0.25) is 4.98 Å². The highest BCUT2D eigenvalue weighted by molar-refractivity contribution is 5.81. The molecule has 1 aliphatic rings. The molecule has 4 rings (SSSR count). The Bertz CT molecular complexity index is 957. The maximum atomic E-state index is 5.85. The summed E-state index contributed by atoms with van der Waals surface area (Å²) in [5.41, 5.74) is 8.14. The number of hydrogen-bond donors (Lipinski definition) is 2. The molecule has 28 heavy (non-hydrogen) atoms. The highest BCUT2D eigenvalue weighted by Crippen LogP contribution is 2.26. The lowest BCUT2D eigenvalue weighted by Crippen LogP contribution is -2.30. The van der Waals surface area contributed by atoms with E-state index < -0.39 is 0 Å². The van der Waals surface area contributed by atoms with Crippen LogP contribution in [-0.4, -0.2) is 40.3 Å². The molecule has 7 nitrogen and oxygen atoms in total. The van der Waals surface area contributed by atoms with Gasteiger partial charge in [0.2, 0.25) is 11.8 Å². The molecule has 1 aromatic carbocycles. The third-order valence-corrected chi connectivity index (χ3v) is 4.83. The second kappa shape index (κ2) is 7.98. The third-order valence-electron chi connectivity index (χ3n) is 4.83. The summed E-state index contributed by atoms with van der Waals surface area (Å²) in [5.74, 6) is 1.64. The predicted octanol–water partition coefficient (Wildman–Crippen LogP) is 3.06. The van der Waals surface area contributed by atoms with Gasteiger partial charge in [0.25, 0.3) is 0 Å². The topological polar surface area (TPSA) is 95.2 Å². The van der Waals surface area contributed by atoms with Crippen molar-refractivity contribution in [2.45, 2.75) is 32.4 Å². The first kappa shape index (κ1) is 18.4. The molecule has 1 saturated heterocycles. The van der Waals surface area contributed by atoms with Gasteiger partial charge < -0.3 is 20.5 Å². The van der Waals surface area contributed by atoms with Crippen LogP contribution in [0.15, 0.2) is 42.6 Å². The molecule has 2 atom stereocenters. The minimum absolute atomic E-state index is 0.0182. The van der Waals surface area contributed by atoms with E-state index in [1.165, 1.54) is 10.9 Å². The molecule has 7 heteroatoms. The molecule has 0 spiro atoms. The van der Waals surface area contributed by atoms with Crippen molar-refractivity contribution in [2.75, 3.05) is 24.3 Å². The fraction of sp³-hybridized carbons (Fsp3) is 0.381. The van der Waals surface area contributed by atoms with Gasteiger partial charge in [-0.15, -0.1) is 0 Å². The number of nitrogens with two attached hydrogens (primary N) is 1. The number of rotatable bonds is 6. The van der Waals surface area contributed by atoms with Crippen molar-refractivity contribution in [3.05, 3.63) is 48.2 Å². The van der Waals surface area contributed by atoms with Gasteiger partial charge in [-0.05, 0) is 38.0 Å². The van der Waals surface area contributed by atoms with Crippen molar-refractivity contribution in [1.82, 2.24) is 15.0 Å². The molecule has 3 heterocycles. The SMILES string of the molecule is CC(C)Oc1cc(N[C@H]2COC[C@H]2Cc2ccnc3ccccc23)nc(N)n1. The minimum Gasteiger partial charge on any atom is -0.475 e. The van der Waals surface area contributed by atoms with E-state index in [2.05, 4.69) is 32.4 Å². The third kappa shape index (κ3) is 4.14. The molecule has 0 bridgehead atoms. The van der Waals surface area contributed by atoms with Crippen LogP contribution >= 0.6 is 0 Å². The van der Waals surface area contributed by atoms with Gasteiger partial charge in [-0.2, -0.15) is 9.97 Å². The molecule has 0 radical (unpaired) electrons. The molecular formula is C21H25N5O2. The number of nitrogens with zero attached hydrogens (tertiary/aromatic N) is 3. The van der Waals surface area contributed by atoms with Crippen LogP contribution in [0.2, 0.25) is 0 Å². The smallest absolute Gasteiger partial charge is 0.225 e. The van der Waals surface area contributed by atoms with Crippen molar-refractivity contribution in [3.63, 3.8) is 0 Å². The summed E-state index contributed by atoms with van der Waals surface area (Å²) in [6.45, 7) is 5.22. The highest BCUT2D eigenvalue weighted by Gasteiger charge is 2.29. The molecule has 0 amide bonds. The Morgan fingerprint density at radius 2 is 2.07 bits per heavy atom. The number of nitrogens with one attached hydrogen (secondary N) is 1. The lowest BCUT2D eigenvalue weighted by molar-refractivity contribution is 0.185. The zero-order valence-corrected chi connectivity index (χ0v) is 16.1. The standard InChI is InChI=1S/C21H25N5O2/c1-13(2)28-20-10-19(25-21(22)26-20)24-18-12-27-11-15(18)9-14-7-8-23-17-6-4-3-5-16(14)17/h3-8,10,13,15,18H,9,11-12H2,1-2H3,(H3,22,24,25,26)/t15-,18+/m1/s1. The van der Waals surface area contributed by atoms with Crippen LogP contribution in [0.5, 0.6) is 5.88 Å². The number of para-hydroxylation sites is 1. The zero-order valence-electron chi connectivity index (χ0n) is 16.1. The van der Waals surface area contributed by atoms with E-state index in [-0.39, 0.29) is 18.1 Å². The lowest BCUT2D eigenvalue weighted by atomic mass is 9.93. The summed E-state index contributed by atoms with van der Waals surface area (Å²) in [4.78, 5) is 12.9. The molecule has 0 saturated carbocycles. The summed E-state index contributed by atoms with van der Waals surface area (Å²) in [7, 11) is 0. The van der Waals surface area contributed by atoms with Crippen LogP contribution in [0.1, 0.15) is 19.4 Å². The van der Waals surface area contributed by atoms with E-state index in [9.17, 15) is 0 Å². The first-order valence-corrected chi connectivity index (χ1v) is 9.56. The Balaban J connectivity index is 1.52. The van der Waals surface area contributed by atoms with Crippen LogP contribution in [0, 0.1) is 5.92 Å². The largest absolute Gasteiger partial charge is 0.475 e. The van der Waals surface area contributed by atoms with Crippen LogP contribution in [0.4, 0.5) is 11.8 Å². The van der Waals surface area contributed by atoms with Gasteiger partial charge in [-0.25, -0.2) is 0 Å². The van der Waals surface area contributed by atoms with Crippen LogP contribution in [-0.2, 0) is 11.2 Å². The van der Waals surface area contributed by atoms with Crippen molar-refractivity contribution in [3.8, 4) is 5.88 Å². The Morgan fingerprint density at radius 3 is 2.93 bits per heavy atom. The fourth-order valence-corrected chi connectivity index (χ4v) is 3.58. The quantitative estimate of drug-likeness (QED) is 0.679. The number of benzene rings is 1. The number of nitrogen functional groups attached to an aromatic ring is 1. The minimum atomic E-state index is 0.0182. The Hall–Kier alpha value is -2.93. The summed E-state index contributed by atoms with van der Waals surface area (Å²) < 4.78 is 11.4. The molecule has 1 aliphatic heterocycles. The van der Waals surface area contributed by atoms with E-state index in [1.54, 1.807) is 6.07 Å². The van der Waals surface area contributed by atoms with E-state index in [4.69, 9.17) is 15.2 Å². The lowest BCUT2D eigenvalue weighted by Gasteiger charge is -2.21. The molecular weight excluding hydrogens is 354 g/mol. The van der Waals surface area contributed by atoms with E-state index in [0.29, 0.717) is 30.8 Å². The van der Waals surface area contributed by atoms with Gasteiger partial charge in [0, 0.05) is 23.6 Å². The molecule has 3 aromatic rings. The molecule has 0 aliphatic carbocycles. The monoisotopic (exact) mass is 379 g/mol. The Kier molecular flexibility index (Phi) is 5.25. The maximum absolute atomic E-state index is 5.85. The van der Waals surface area contributed by atoms with E-state index in [0.717, 1.165) is 11.9 Å². The first-order valence-electron chi connectivity index (χ1n) is 9.56. The van der Waals surface area contributed by atoms with Gasteiger partial charge in [-0.1, -0.05) is 18.2 Å². The average Bonchev–Trinajstić information content (AvgIpc) is 3.07. The number of anilines is 2. The van der Waals surface area contributed by atoms with Gasteiger partial charge in [0.1, 0.15) is 5.82 Å². The summed E-state index contributed by atoms with van der Waals surface area (Å²) in [6, 6.07) is 12.2. The average molecular weight is 379 g/mol. The van der Waals surface area contributed by atoms with Crippen molar-refractivity contribution >= 4 is 22.7 Å². The molecule has 146 valence electrons. The van der Waals surface area contributed by atoms with Crippen LogP contribution in [0.25, 0.3) is 10.9 Å². The fourth-order valence-electron chi connectivity index (χ4n) is 3.58. The summed E-state index contributed by atoms with van der Waals surface area (Å²) in [6.07, 6.45) is 2.79. The van der Waals surface area contributed by atoms with E-state index >= 15 is 0 Å². The number of aromatic nitrogens is 3. The number of fused-ring (bicyclic) bond motifs is 1. The van der Waals surface area contributed by atoms with Crippen molar-refractivity contribution in [2.24, 2.45) is 5.92 Å². The first-order chi connectivity index (χ1) is 13.6. The maximum Gasteiger partial charge on any atom is 0.225 e. The number of ether oxygens (including phenoxy) is 2. The van der Waals surface area contributed by atoms with Crippen LogP contribution < -0.4 is 15.8 Å². The van der Waals surface area contributed by atoms with Crippen molar-refractivity contribution in [1.29, 1.82) is 0 Å². The Morgan fingerprint density at radius 1 is 1.21 bits per heavy atom. The zero-order chi connectivity index (χ0) is 19.5. The van der Waals surface area contributed by atoms with Gasteiger partial charge >= 0.3 is 0 Å². The number of pyridine rings is 1. The summed E-state index contributed by atoms with van der Waals surface area (Å²) in [5, 5.41) is 4.65. The van der Waals surface area contributed by atoms with Gasteiger partial charge in [0.05, 0.1) is 30.9 Å². The summed E-state index contributed by atoms with van der Waals surface area (Å²) >= 11 is 0. The number of hydrogen-bond acceptors (Lipinski definition) is 7. The normalized spacial score (nSPS) is 19.2. The van der Waals surface area contributed by atoms with E-state index in [1.807, 2.05) is 38.2 Å². The molecule has 2 aromatic heterocycles.